The summed E-state index contributed by atoms with van der Waals surface area (Å²) in [5.74, 6) is 0.927. The van der Waals surface area contributed by atoms with Crippen LogP contribution in [0.3, 0.4) is 0 Å². The number of carbonyl (C=O) groups is 1. The van der Waals surface area contributed by atoms with Gasteiger partial charge in [0, 0.05) is 57.5 Å². The predicted molar refractivity (Wildman–Crippen MR) is 88.0 cm³/mol. The molecule has 2 N–H and O–H groups in total. The molecule has 0 aromatic carbocycles. The Kier molecular flexibility index (Phi) is 4.97. The minimum absolute atomic E-state index is 0.00413. The second kappa shape index (κ2) is 7.32. The lowest BCUT2D eigenvalue weighted by Crippen LogP contribution is -2.53. The maximum Gasteiger partial charge on any atom is 0.317 e. The number of nitrogens with one attached hydrogen (secondary N) is 2. The van der Waals surface area contributed by atoms with Crippen LogP contribution in [0.1, 0.15) is 18.8 Å². The van der Waals surface area contributed by atoms with Crippen molar-refractivity contribution in [3.05, 3.63) is 42.7 Å². The Labute approximate surface area is 136 Å². The van der Waals surface area contributed by atoms with E-state index in [1.165, 1.54) is 0 Å². The van der Waals surface area contributed by atoms with Gasteiger partial charge in [0.15, 0.2) is 0 Å². The Morgan fingerprint density at radius 1 is 1.39 bits per heavy atom. The highest BCUT2D eigenvalue weighted by Crippen LogP contribution is 2.22. The van der Waals surface area contributed by atoms with Gasteiger partial charge in [-0.3, -0.25) is 4.90 Å². The van der Waals surface area contributed by atoms with Crippen molar-refractivity contribution in [2.75, 3.05) is 32.7 Å². The highest BCUT2D eigenvalue weighted by atomic mass is 16.2. The zero-order chi connectivity index (χ0) is 16.1. The molecule has 0 spiro atoms. The maximum absolute atomic E-state index is 12.4. The number of aromatic amines is 1. The lowest BCUT2D eigenvalue weighted by molar-refractivity contribution is 0.0897. The van der Waals surface area contributed by atoms with Crippen molar-refractivity contribution in [2.45, 2.75) is 19.5 Å². The van der Waals surface area contributed by atoms with Crippen LogP contribution in [0.25, 0.3) is 0 Å². The van der Waals surface area contributed by atoms with Crippen molar-refractivity contribution in [3.63, 3.8) is 0 Å². The van der Waals surface area contributed by atoms with Crippen molar-refractivity contribution in [3.8, 4) is 0 Å². The monoisotopic (exact) mass is 316 g/mol. The number of urea groups is 1. The van der Waals surface area contributed by atoms with E-state index in [2.05, 4.69) is 31.7 Å². The molecular weight excluding hydrogens is 292 g/mol. The molecule has 1 atom stereocenters. The van der Waals surface area contributed by atoms with Gasteiger partial charge in [-0.25, -0.2) is 9.78 Å². The Hall–Kier alpha value is -2.28. The van der Waals surface area contributed by atoms with Crippen molar-refractivity contribution in [1.29, 1.82) is 0 Å². The van der Waals surface area contributed by atoms with E-state index >= 15 is 0 Å². The normalized spacial score (nSPS) is 19.0. The fraction of sp³-hybridized carbons (Fsp3) is 0.500. The van der Waals surface area contributed by atoms with Crippen LogP contribution in [0.5, 0.6) is 0 Å². The summed E-state index contributed by atoms with van der Waals surface area (Å²) in [5.41, 5.74) is 0. The highest BCUT2D eigenvalue weighted by molar-refractivity contribution is 5.74. The number of H-pyrrole nitrogens is 1. The molecule has 3 heterocycles. The minimum atomic E-state index is 0.00413. The van der Waals surface area contributed by atoms with E-state index in [1.54, 1.807) is 6.20 Å². The van der Waals surface area contributed by atoms with E-state index in [4.69, 9.17) is 0 Å². The number of nitrogens with zero attached hydrogens (tertiary/aromatic N) is 4. The third-order valence-corrected chi connectivity index (χ3v) is 4.33. The van der Waals surface area contributed by atoms with Gasteiger partial charge in [-0.2, -0.15) is 0 Å². The molecule has 0 unspecified atom stereocenters. The van der Waals surface area contributed by atoms with Gasteiger partial charge in [-0.05, 0) is 18.7 Å². The average Bonchev–Trinajstić information content (AvgIpc) is 3.27. The topological polar surface area (TPSA) is 69.2 Å². The highest BCUT2D eigenvalue weighted by Gasteiger charge is 2.30. The summed E-state index contributed by atoms with van der Waals surface area (Å²) in [6.45, 7) is 6.80. The van der Waals surface area contributed by atoms with Gasteiger partial charge in [-0.15, -0.1) is 0 Å². The Morgan fingerprint density at radius 2 is 2.22 bits per heavy atom. The van der Waals surface area contributed by atoms with E-state index < -0.39 is 0 Å². The first-order valence-electron chi connectivity index (χ1n) is 8.14. The number of hydrogen-bond donors (Lipinski definition) is 2. The zero-order valence-electron chi connectivity index (χ0n) is 13.5. The molecule has 3 rings (SSSR count). The van der Waals surface area contributed by atoms with Crippen LogP contribution >= 0.6 is 0 Å². The number of carbonyl (C=O) groups excluding carboxylic acids is 1. The first kappa shape index (κ1) is 15.6. The van der Waals surface area contributed by atoms with Gasteiger partial charge in [0.1, 0.15) is 5.82 Å². The van der Waals surface area contributed by atoms with E-state index in [0.29, 0.717) is 13.1 Å². The SMILES string of the molecule is CCN1CCN(C(=O)NCCn2cccc2)C[C@H]1c1ncc[nH]1. The summed E-state index contributed by atoms with van der Waals surface area (Å²) in [4.78, 5) is 24.2. The van der Waals surface area contributed by atoms with Crippen molar-refractivity contribution in [1.82, 2.24) is 29.7 Å². The average molecular weight is 316 g/mol. The van der Waals surface area contributed by atoms with Crippen LogP contribution in [-0.2, 0) is 6.54 Å². The molecule has 7 nitrogen and oxygen atoms in total. The molecule has 1 saturated heterocycles. The molecular formula is C16H24N6O. The molecule has 23 heavy (non-hydrogen) atoms. The molecule has 1 aliphatic rings. The van der Waals surface area contributed by atoms with E-state index in [0.717, 1.165) is 32.0 Å². The largest absolute Gasteiger partial charge is 0.353 e. The lowest BCUT2D eigenvalue weighted by atomic mass is 10.1. The number of hydrogen-bond acceptors (Lipinski definition) is 3. The number of amides is 2. The summed E-state index contributed by atoms with van der Waals surface area (Å²) >= 11 is 0. The smallest absolute Gasteiger partial charge is 0.317 e. The fourth-order valence-corrected chi connectivity index (χ4v) is 3.03. The van der Waals surface area contributed by atoms with Crippen molar-refractivity contribution < 1.29 is 4.79 Å². The number of imidazole rings is 1. The quantitative estimate of drug-likeness (QED) is 0.873. The van der Waals surface area contributed by atoms with Crippen LogP contribution in [0, 0.1) is 0 Å². The molecule has 0 aliphatic carbocycles. The molecule has 1 fully saturated rings. The van der Waals surface area contributed by atoms with Crippen LogP contribution in [0.15, 0.2) is 36.9 Å². The summed E-state index contributed by atoms with van der Waals surface area (Å²) in [7, 11) is 0. The first-order chi connectivity index (χ1) is 11.3. The summed E-state index contributed by atoms with van der Waals surface area (Å²) in [6, 6.07) is 4.11. The Morgan fingerprint density at radius 3 is 2.91 bits per heavy atom. The Balaban J connectivity index is 1.54. The van der Waals surface area contributed by atoms with Gasteiger partial charge in [0.05, 0.1) is 6.04 Å². The Bertz CT molecular complexity index is 594. The first-order valence-corrected chi connectivity index (χ1v) is 8.14. The number of piperazine rings is 1. The standard InChI is InChI=1S/C16H24N6O/c1-2-21-11-12-22(13-14(21)15-17-5-6-18-15)16(23)19-7-10-20-8-3-4-9-20/h3-6,8-9,14H,2,7,10-13H2,1H3,(H,17,18)(H,19,23)/t14-/m0/s1. The van der Waals surface area contributed by atoms with Gasteiger partial charge in [0.2, 0.25) is 0 Å². The molecule has 1 aliphatic heterocycles. The lowest BCUT2D eigenvalue weighted by Gasteiger charge is -2.39. The van der Waals surface area contributed by atoms with E-state index in [9.17, 15) is 4.79 Å². The number of likely N-dealkylation sites (N-methyl/N-ethyl adjacent to an activating group) is 1. The second-order valence-electron chi connectivity index (χ2n) is 5.72. The van der Waals surface area contributed by atoms with E-state index in [-0.39, 0.29) is 12.1 Å². The van der Waals surface area contributed by atoms with Crippen LogP contribution in [-0.4, -0.2) is 63.1 Å². The zero-order valence-corrected chi connectivity index (χ0v) is 13.5. The van der Waals surface area contributed by atoms with Gasteiger partial charge < -0.3 is 19.8 Å². The van der Waals surface area contributed by atoms with Crippen LogP contribution in [0.4, 0.5) is 4.79 Å². The summed E-state index contributed by atoms with van der Waals surface area (Å²) < 4.78 is 2.06. The molecule has 2 amide bonds. The summed E-state index contributed by atoms with van der Waals surface area (Å²) in [5, 5.41) is 3.01. The molecule has 2 aromatic rings. The third-order valence-electron chi connectivity index (χ3n) is 4.33. The van der Waals surface area contributed by atoms with E-state index in [1.807, 2.05) is 35.6 Å². The van der Waals surface area contributed by atoms with Crippen molar-refractivity contribution >= 4 is 6.03 Å². The van der Waals surface area contributed by atoms with Crippen LogP contribution < -0.4 is 5.32 Å². The predicted octanol–water partition coefficient (Wildman–Crippen LogP) is 1.30. The van der Waals surface area contributed by atoms with Gasteiger partial charge in [0.25, 0.3) is 0 Å². The maximum atomic E-state index is 12.4. The number of rotatable bonds is 5. The molecule has 0 bridgehead atoms. The molecule has 0 radical (unpaired) electrons. The molecule has 0 saturated carbocycles. The molecule has 124 valence electrons. The number of aromatic nitrogens is 3. The summed E-state index contributed by atoms with van der Waals surface area (Å²) in [6.07, 6.45) is 7.59. The van der Waals surface area contributed by atoms with Gasteiger partial charge >= 0.3 is 6.03 Å². The third kappa shape index (κ3) is 3.73. The van der Waals surface area contributed by atoms with Gasteiger partial charge in [-0.1, -0.05) is 6.92 Å². The van der Waals surface area contributed by atoms with Crippen molar-refractivity contribution in [2.24, 2.45) is 0 Å². The second-order valence-corrected chi connectivity index (χ2v) is 5.72. The minimum Gasteiger partial charge on any atom is -0.353 e. The molecule has 2 aromatic heterocycles. The van der Waals surface area contributed by atoms with Crippen LogP contribution in [0.2, 0.25) is 0 Å². The fourth-order valence-electron chi connectivity index (χ4n) is 3.03. The molecule has 7 heteroatoms.